The van der Waals surface area contributed by atoms with Crippen LogP contribution in [0.2, 0.25) is 0 Å². The molecule has 1 nitrogen and oxygen atoms in total. The zero-order valence-electron chi connectivity index (χ0n) is 7.29. The zero-order valence-corrected chi connectivity index (χ0v) is 10.3. The number of rotatable bonds is 2. The van der Waals surface area contributed by atoms with Crippen molar-refractivity contribution in [2.45, 2.75) is 42.9 Å². The van der Waals surface area contributed by atoms with Gasteiger partial charge in [-0.3, -0.25) is 0 Å². The van der Waals surface area contributed by atoms with Crippen LogP contribution in [0.1, 0.15) is 34.6 Å². The van der Waals surface area contributed by atoms with Crippen LogP contribution in [0, 0.1) is 0 Å². The summed E-state index contributed by atoms with van der Waals surface area (Å²) < 4.78 is 3.86. The van der Waals surface area contributed by atoms with Gasteiger partial charge in [-0.2, -0.15) is 0 Å². The molecule has 0 saturated carbocycles. The van der Waals surface area contributed by atoms with E-state index in [2.05, 4.69) is 61.9 Å². The number of halogens is 1. The van der Waals surface area contributed by atoms with Gasteiger partial charge in [0, 0.05) is 4.75 Å². The summed E-state index contributed by atoms with van der Waals surface area (Å²) in [5.74, 6) is 0. The minimum absolute atomic E-state index is 0.190. The van der Waals surface area contributed by atoms with Crippen molar-refractivity contribution >= 4 is 34.5 Å². The molecule has 0 unspecified atom stereocenters. The van der Waals surface area contributed by atoms with Crippen LogP contribution in [0.3, 0.4) is 0 Å². The summed E-state index contributed by atoms with van der Waals surface area (Å²) >= 11 is 4.17. The van der Waals surface area contributed by atoms with Crippen molar-refractivity contribution in [1.82, 2.24) is 4.72 Å². The Hall–Kier alpha value is 1.04. The first kappa shape index (κ1) is 11.0. The molecule has 0 aromatic heterocycles. The third-order valence-corrected chi connectivity index (χ3v) is 2.46. The van der Waals surface area contributed by atoms with E-state index in [1.165, 1.54) is 0 Å². The van der Waals surface area contributed by atoms with E-state index in [9.17, 15) is 0 Å². The normalized spacial score (nSPS) is 13.8. The van der Waals surface area contributed by atoms with Crippen molar-refractivity contribution in [2.75, 3.05) is 0 Å². The van der Waals surface area contributed by atoms with E-state index in [1.807, 2.05) is 0 Å². The maximum absolute atomic E-state index is 3.37. The molecule has 0 rings (SSSR count). The van der Waals surface area contributed by atoms with Gasteiger partial charge in [0.1, 0.15) is 0 Å². The van der Waals surface area contributed by atoms with Crippen LogP contribution in [-0.2, 0) is 0 Å². The lowest BCUT2D eigenvalue weighted by atomic mass is 10.3. The topological polar surface area (TPSA) is 12.0 Å². The third kappa shape index (κ3) is 9.04. The number of hydrogen-bond acceptors (Lipinski definition) is 2. The van der Waals surface area contributed by atoms with Gasteiger partial charge in [0.25, 0.3) is 0 Å². The molecule has 0 atom stereocenters. The standard InChI is InChI=1S/C7H16INS/c1-6(2,3)10-9-7(4,5)8/h9H,1-5H3. The molecule has 0 radical (unpaired) electrons. The van der Waals surface area contributed by atoms with Gasteiger partial charge >= 0.3 is 0 Å². The molecule has 0 aliphatic rings. The SMILES string of the molecule is CC(C)(I)NSC(C)(C)C. The third-order valence-electron chi connectivity index (χ3n) is 0.600. The van der Waals surface area contributed by atoms with E-state index in [0.29, 0.717) is 4.75 Å². The second-order valence-electron chi connectivity index (χ2n) is 3.79. The van der Waals surface area contributed by atoms with Crippen LogP contribution < -0.4 is 4.72 Å². The average Bonchev–Trinajstić information content (AvgIpc) is 1.57. The minimum atomic E-state index is 0.190. The molecule has 62 valence electrons. The number of alkyl halides is 1. The summed E-state index contributed by atoms with van der Waals surface area (Å²) in [4.78, 5) is 0. The van der Waals surface area contributed by atoms with Crippen LogP contribution >= 0.6 is 34.5 Å². The minimum Gasteiger partial charge on any atom is -0.249 e. The van der Waals surface area contributed by atoms with Crippen molar-refractivity contribution in [1.29, 1.82) is 0 Å². The fraction of sp³-hybridized carbons (Fsp3) is 1.00. The van der Waals surface area contributed by atoms with Crippen molar-refractivity contribution in [3.8, 4) is 0 Å². The lowest BCUT2D eigenvalue weighted by Gasteiger charge is -2.24. The average molecular weight is 273 g/mol. The fourth-order valence-electron chi connectivity index (χ4n) is 0.274. The Labute approximate surface area is 82.0 Å². The molecule has 0 aromatic carbocycles. The molecule has 0 amide bonds. The van der Waals surface area contributed by atoms with Crippen molar-refractivity contribution in [2.24, 2.45) is 0 Å². The molecule has 0 spiro atoms. The maximum atomic E-state index is 3.37. The lowest BCUT2D eigenvalue weighted by Crippen LogP contribution is -2.30. The maximum Gasteiger partial charge on any atom is 0.0741 e. The Morgan fingerprint density at radius 3 is 1.60 bits per heavy atom. The van der Waals surface area contributed by atoms with Gasteiger partial charge in [0.2, 0.25) is 0 Å². The molecular formula is C7H16INS. The molecule has 10 heavy (non-hydrogen) atoms. The Kier molecular flexibility index (Phi) is 4.00. The molecule has 0 saturated heterocycles. The van der Waals surface area contributed by atoms with Crippen molar-refractivity contribution in [3.05, 3.63) is 0 Å². The smallest absolute Gasteiger partial charge is 0.0741 e. The van der Waals surface area contributed by atoms with Gasteiger partial charge < -0.3 is 0 Å². The molecule has 0 aromatic rings. The first-order valence-electron chi connectivity index (χ1n) is 3.35. The van der Waals surface area contributed by atoms with E-state index in [1.54, 1.807) is 11.9 Å². The lowest BCUT2D eigenvalue weighted by molar-refractivity contribution is 0.713. The van der Waals surface area contributed by atoms with Gasteiger partial charge in [-0.25, -0.2) is 4.72 Å². The summed E-state index contributed by atoms with van der Waals surface area (Å²) in [7, 11) is 0. The Balaban J connectivity index is 3.56. The first-order chi connectivity index (χ1) is 4.21. The van der Waals surface area contributed by atoms with Crippen LogP contribution in [0.15, 0.2) is 0 Å². The van der Waals surface area contributed by atoms with Crippen LogP contribution in [-0.4, -0.2) is 8.29 Å². The van der Waals surface area contributed by atoms with Gasteiger partial charge in [-0.1, -0.05) is 34.5 Å². The summed E-state index contributed by atoms with van der Waals surface area (Å²) in [5.41, 5.74) is 0. The molecule has 0 bridgehead atoms. The quantitative estimate of drug-likeness (QED) is 0.359. The van der Waals surface area contributed by atoms with Crippen LogP contribution in [0.4, 0.5) is 0 Å². The van der Waals surface area contributed by atoms with E-state index in [4.69, 9.17) is 0 Å². The monoisotopic (exact) mass is 273 g/mol. The molecule has 0 aliphatic heterocycles. The molecule has 0 fully saturated rings. The summed E-state index contributed by atoms with van der Waals surface area (Å²) in [5, 5.41) is 0. The van der Waals surface area contributed by atoms with Gasteiger partial charge in [0.05, 0.1) is 3.55 Å². The predicted molar refractivity (Wildman–Crippen MR) is 58.6 cm³/mol. The van der Waals surface area contributed by atoms with Crippen molar-refractivity contribution in [3.63, 3.8) is 0 Å². The van der Waals surface area contributed by atoms with Gasteiger partial charge in [-0.15, -0.1) is 0 Å². The molecular weight excluding hydrogens is 257 g/mol. The second kappa shape index (κ2) is 3.63. The first-order valence-corrected chi connectivity index (χ1v) is 5.24. The highest BCUT2D eigenvalue weighted by Gasteiger charge is 2.17. The molecule has 3 heteroatoms. The van der Waals surface area contributed by atoms with Crippen LogP contribution in [0.25, 0.3) is 0 Å². The highest BCUT2D eigenvalue weighted by molar-refractivity contribution is 14.1. The highest BCUT2D eigenvalue weighted by atomic mass is 127. The molecule has 1 N–H and O–H groups in total. The Bertz CT molecular complexity index is 87.2. The van der Waals surface area contributed by atoms with E-state index >= 15 is 0 Å². The Morgan fingerprint density at radius 2 is 1.50 bits per heavy atom. The number of nitrogens with one attached hydrogen (secondary N) is 1. The largest absolute Gasteiger partial charge is 0.249 e. The molecule has 0 aliphatic carbocycles. The highest BCUT2D eigenvalue weighted by Crippen LogP contribution is 2.25. The Morgan fingerprint density at radius 1 is 1.10 bits per heavy atom. The van der Waals surface area contributed by atoms with E-state index < -0.39 is 0 Å². The summed E-state index contributed by atoms with van der Waals surface area (Å²) in [6.45, 7) is 10.9. The fourth-order valence-corrected chi connectivity index (χ4v) is 1.15. The van der Waals surface area contributed by atoms with E-state index in [0.717, 1.165) is 0 Å². The number of hydrogen-bond donors (Lipinski definition) is 1. The summed E-state index contributed by atoms with van der Waals surface area (Å²) in [6.07, 6.45) is 0. The molecule has 0 heterocycles. The zero-order chi connectivity index (χ0) is 8.41. The van der Waals surface area contributed by atoms with Gasteiger partial charge in [-0.05, 0) is 34.6 Å². The predicted octanol–water partition coefficient (Wildman–Crippen LogP) is 3.19. The van der Waals surface area contributed by atoms with Gasteiger partial charge in [0.15, 0.2) is 0 Å². The summed E-state index contributed by atoms with van der Waals surface area (Å²) in [6, 6.07) is 0. The van der Waals surface area contributed by atoms with Crippen LogP contribution in [0.5, 0.6) is 0 Å². The second-order valence-corrected chi connectivity index (χ2v) is 8.12. The van der Waals surface area contributed by atoms with Crippen molar-refractivity contribution < 1.29 is 0 Å². The van der Waals surface area contributed by atoms with E-state index in [-0.39, 0.29) is 3.55 Å².